The second-order valence-electron chi connectivity index (χ2n) is 8.06. The van der Waals surface area contributed by atoms with Gasteiger partial charge in [0.05, 0.1) is 38.4 Å². The topological polar surface area (TPSA) is 105 Å². The summed E-state index contributed by atoms with van der Waals surface area (Å²) in [5, 5.41) is 10.9. The molecule has 9 heteroatoms. The fourth-order valence-corrected chi connectivity index (χ4v) is 4.85. The molecule has 2 N–H and O–H groups in total. The van der Waals surface area contributed by atoms with Crippen LogP contribution in [0.15, 0.2) is 35.1 Å². The third-order valence-electron chi connectivity index (χ3n) is 5.50. The molecule has 0 amide bonds. The van der Waals surface area contributed by atoms with Gasteiger partial charge < -0.3 is 19.6 Å². The van der Waals surface area contributed by atoms with E-state index in [0.29, 0.717) is 52.2 Å². The molecule has 3 aromatic rings. The summed E-state index contributed by atoms with van der Waals surface area (Å²) in [6.45, 7) is 3.25. The fourth-order valence-electron chi connectivity index (χ4n) is 3.74. The maximum atomic E-state index is 12.7. The molecule has 4 rings (SSSR count). The SMILES string of the molecule is COC(=O)c1sc2nc(CN(CC(O)COCc3ccccc3)C3CC3)[nH]c(=O)c2c1C. The summed E-state index contributed by atoms with van der Waals surface area (Å²) >= 11 is 1.17. The van der Waals surface area contributed by atoms with E-state index < -0.39 is 12.1 Å². The lowest BCUT2D eigenvalue weighted by atomic mass is 10.2. The number of aryl methyl sites for hydroxylation is 1. The van der Waals surface area contributed by atoms with Crippen LogP contribution in [0.25, 0.3) is 10.2 Å². The van der Waals surface area contributed by atoms with Gasteiger partial charge in [-0.25, -0.2) is 9.78 Å². The number of hydrogen-bond acceptors (Lipinski definition) is 8. The molecule has 1 aliphatic rings. The van der Waals surface area contributed by atoms with Crippen molar-refractivity contribution in [1.82, 2.24) is 14.9 Å². The summed E-state index contributed by atoms with van der Waals surface area (Å²) in [4.78, 5) is 35.1. The van der Waals surface area contributed by atoms with E-state index in [1.807, 2.05) is 30.3 Å². The van der Waals surface area contributed by atoms with Gasteiger partial charge in [-0.3, -0.25) is 9.69 Å². The molecule has 2 heterocycles. The van der Waals surface area contributed by atoms with Crippen molar-refractivity contribution in [2.24, 2.45) is 0 Å². The Hall–Kier alpha value is -2.59. The molecular weight excluding hydrogens is 430 g/mol. The molecule has 1 aliphatic carbocycles. The van der Waals surface area contributed by atoms with Gasteiger partial charge in [-0.2, -0.15) is 0 Å². The van der Waals surface area contributed by atoms with Gasteiger partial charge in [0.15, 0.2) is 0 Å². The number of nitrogens with one attached hydrogen (secondary N) is 1. The number of H-pyrrole nitrogens is 1. The van der Waals surface area contributed by atoms with Gasteiger partial charge in [-0.05, 0) is 30.9 Å². The van der Waals surface area contributed by atoms with E-state index in [-0.39, 0.29) is 12.2 Å². The number of rotatable bonds is 10. The number of aliphatic hydroxyl groups is 1. The van der Waals surface area contributed by atoms with Crippen molar-refractivity contribution in [1.29, 1.82) is 0 Å². The van der Waals surface area contributed by atoms with Crippen molar-refractivity contribution < 1.29 is 19.4 Å². The average Bonchev–Trinajstić information content (AvgIpc) is 3.57. The lowest BCUT2D eigenvalue weighted by Gasteiger charge is -2.24. The number of methoxy groups -OCH3 is 1. The number of hydrogen-bond donors (Lipinski definition) is 2. The summed E-state index contributed by atoms with van der Waals surface area (Å²) < 4.78 is 10.5. The molecule has 32 heavy (non-hydrogen) atoms. The number of aromatic amines is 1. The van der Waals surface area contributed by atoms with E-state index in [1.54, 1.807) is 6.92 Å². The fraction of sp³-hybridized carbons (Fsp3) is 0.435. The second-order valence-corrected chi connectivity index (χ2v) is 9.05. The minimum Gasteiger partial charge on any atom is -0.465 e. The minimum absolute atomic E-state index is 0.230. The zero-order valence-electron chi connectivity index (χ0n) is 18.2. The third kappa shape index (κ3) is 5.24. The molecule has 170 valence electrons. The van der Waals surface area contributed by atoms with E-state index in [2.05, 4.69) is 14.9 Å². The molecule has 8 nitrogen and oxygen atoms in total. The first-order valence-corrected chi connectivity index (χ1v) is 11.4. The van der Waals surface area contributed by atoms with Crippen LogP contribution in [0.4, 0.5) is 0 Å². The van der Waals surface area contributed by atoms with E-state index in [0.717, 1.165) is 18.4 Å². The van der Waals surface area contributed by atoms with Gasteiger partial charge in [-0.1, -0.05) is 30.3 Å². The van der Waals surface area contributed by atoms with E-state index >= 15 is 0 Å². The maximum Gasteiger partial charge on any atom is 0.348 e. The van der Waals surface area contributed by atoms with Crippen molar-refractivity contribution in [2.75, 3.05) is 20.3 Å². The Morgan fingerprint density at radius 2 is 2.09 bits per heavy atom. The highest BCUT2D eigenvalue weighted by Crippen LogP contribution is 2.30. The number of carbonyl (C=O) groups excluding carboxylic acids is 1. The summed E-state index contributed by atoms with van der Waals surface area (Å²) in [6, 6.07) is 10.2. The van der Waals surface area contributed by atoms with Crippen LogP contribution >= 0.6 is 11.3 Å². The highest BCUT2D eigenvalue weighted by molar-refractivity contribution is 7.20. The highest BCUT2D eigenvalue weighted by atomic mass is 32.1. The summed E-state index contributed by atoms with van der Waals surface area (Å²) in [5.74, 6) is 0.0501. The standard InChI is InChI=1S/C23H27N3O5S/c1-14-19-21(28)24-18(25-22(19)32-20(14)23(29)30-2)11-26(16-8-9-16)10-17(27)13-31-12-15-6-4-3-5-7-15/h3-7,16-17,27H,8-13H2,1-2H3,(H,24,25,28). The normalized spacial score (nSPS) is 14.8. The van der Waals surface area contributed by atoms with Gasteiger partial charge in [0.2, 0.25) is 0 Å². The highest BCUT2D eigenvalue weighted by Gasteiger charge is 2.31. The number of thiophene rings is 1. The zero-order chi connectivity index (χ0) is 22.7. The van der Waals surface area contributed by atoms with Crippen LogP contribution in [-0.4, -0.2) is 58.4 Å². The molecule has 1 fully saturated rings. The van der Waals surface area contributed by atoms with Crippen LogP contribution in [0.1, 0.15) is 39.5 Å². The van der Waals surface area contributed by atoms with Gasteiger partial charge in [0.1, 0.15) is 15.5 Å². The quantitative estimate of drug-likeness (QED) is 0.451. The van der Waals surface area contributed by atoms with Gasteiger partial charge in [0.25, 0.3) is 5.56 Å². The number of aromatic nitrogens is 2. The number of fused-ring (bicyclic) bond motifs is 1. The lowest BCUT2D eigenvalue weighted by molar-refractivity contribution is 0.00666. The minimum atomic E-state index is -0.648. The summed E-state index contributed by atoms with van der Waals surface area (Å²) in [6.07, 6.45) is 1.45. The van der Waals surface area contributed by atoms with Crippen LogP contribution in [0.2, 0.25) is 0 Å². The first-order chi connectivity index (χ1) is 15.5. The molecule has 0 aliphatic heterocycles. The van der Waals surface area contributed by atoms with Gasteiger partial charge in [0, 0.05) is 12.6 Å². The molecular formula is C23H27N3O5S. The summed E-state index contributed by atoms with van der Waals surface area (Å²) in [5.41, 5.74) is 1.38. The van der Waals surface area contributed by atoms with Crippen molar-refractivity contribution in [2.45, 2.75) is 45.1 Å². The van der Waals surface area contributed by atoms with Crippen LogP contribution in [0.3, 0.4) is 0 Å². The number of esters is 1. The monoisotopic (exact) mass is 457 g/mol. The second kappa shape index (κ2) is 9.91. The first-order valence-electron chi connectivity index (χ1n) is 10.6. The van der Waals surface area contributed by atoms with Crippen LogP contribution < -0.4 is 5.56 Å². The first kappa shape index (κ1) is 22.6. The van der Waals surface area contributed by atoms with E-state index in [1.165, 1.54) is 18.4 Å². The average molecular weight is 458 g/mol. The molecule has 0 spiro atoms. The lowest BCUT2D eigenvalue weighted by Crippen LogP contribution is -2.37. The molecule has 1 aromatic carbocycles. The Morgan fingerprint density at radius 3 is 2.78 bits per heavy atom. The van der Waals surface area contributed by atoms with Crippen molar-refractivity contribution in [3.05, 3.63) is 62.5 Å². The molecule has 1 saturated carbocycles. The number of benzene rings is 1. The Morgan fingerprint density at radius 1 is 1.34 bits per heavy atom. The molecule has 0 bridgehead atoms. The van der Waals surface area contributed by atoms with Crippen LogP contribution in [0.5, 0.6) is 0 Å². The number of carbonyl (C=O) groups is 1. The van der Waals surface area contributed by atoms with Crippen molar-refractivity contribution in [3.8, 4) is 0 Å². The zero-order valence-corrected chi connectivity index (χ0v) is 19.0. The molecule has 0 saturated heterocycles. The molecule has 0 radical (unpaired) electrons. The summed E-state index contributed by atoms with van der Waals surface area (Å²) in [7, 11) is 1.32. The third-order valence-corrected chi connectivity index (χ3v) is 6.67. The van der Waals surface area contributed by atoms with E-state index in [9.17, 15) is 14.7 Å². The Kier molecular flexibility index (Phi) is 7.00. The Balaban J connectivity index is 1.42. The van der Waals surface area contributed by atoms with Crippen molar-refractivity contribution in [3.63, 3.8) is 0 Å². The smallest absolute Gasteiger partial charge is 0.348 e. The molecule has 2 aromatic heterocycles. The Bertz CT molecular complexity index is 1140. The molecule has 1 unspecified atom stereocenters. The van der Waals surface area contributed by atoms with Gasteiger partial charge >= 0.3 is 5.97 Å². The van der Waals surface area contributed by atoms with Crippen LogP contribution in [-0.2, 0) is 22.6 Å². The maximum absolute atomic E-state index is 12.7. The Labute approximate surface area is 189 Å². The van der Waals surface area contributed by atoms with Crippen molar-refractivity contribution >= 4 is 27.5 Å². The molecule has 1 atom stereocenters. The predicted molar refractivity (Wildman–Crippen MR) is 122 cm³/mol. The number of nitrogens with zero attached hydrogens (tertiary/aromatic N) is 2. The largest absolute Gasteiger partial charge is 0.465 e. The van der Waals surface area contributed by atoms with Gasteiger partial charge in [-0.15, -0.1) is 11.3 Å². The predicted octanol–water partition coefficient (Wildman–Crippen LogP) is 2.62. The number of aliphatic hydroxyl groups excluding tert-OH is 1. The number of ether oxygens (including phenoxy) is 2. The van der Waals surface area contributed by atoms with E-state index in [4.69, 9.17) is 9.47 Å². The van der Waals surface area contributed by atoms with Crippen LogP contribution in [0, 0.1) is 6.92 Å².